The topological polar surface area (TPSA) is 97.6 Å². The molecule has 0 bridgehead atoms. The van der Waals surface area contributed by atoms with Crippen molar-refractivity contribution >= 4 is 34.1 Å². The molecule has 0 aliphatic carbocycles. The van der Waals surface area contributed by atoms with E-state index in [0.29, 0.717) is 16.9 Å². The van der Waals surface area contributed by atoms with Crippen molar-refractivity contribution in [3.05, 3.63) is 60.6 Å². The lowest BCUT2D eigenvalue weighted by molar-refractivity contribution is -0.113. The van der Waals surface area contributed by atoms with Gasteiger partial charge in [0.15, 0.2) is 5.65 Å². The van der Waals surface area contributed by atoms with Gasteiger partial charge in [-0.1, -0.05) is 18.2 Å². The number of benzene rings is 1. The second kappa shape index (κ2) is 5.58. The number of hydrogen-bond acceptors (Lipinski definition) is 4. The van der Waals surface area contributed by atoms with E-state index >= 15 is 0 Å². The number of amides is 1. The van der Waals surface area contributed by atoms with Gasteiger partial charge in [-0.15, -0.1) is 0 Å². The highest BCUT2D eigenvalue weighted by atomic mass is 16.1. The number of carbonyl (C=O) groups is 1. The van der Waals surface area contributed by atoms with Crippen LogP contribution in [0.4, 0.5) is 0 Å². The highest BCUT2D eigenvalue weighted by molar-refractivity contribution is 5.94. The Balaban J connectivity index is 1.83. The first-order valence-electron chi connectivity index (χ1n) is 7.37. The van der Waals surface area contributed by atoms with Crippen molar-refractivity contribution in [1.82, 2.24) is 19.9 Å². The summed E-state index contributed by atoms with van der Waals surface area (Å²) in [6.07, 6.45) is 8.15. The summed E-state index contributed by atoms with van der Waals surface area (Å²) in [6.45, 7) is 0. The summed E-state index contributed by atoms with van der Waals surface area (Å²) >= 11 is 0. The zero-order valence-corrected chi connectivity index (χ0v) is 12.6. The van der Waals surface area contributed by atoms with Crippen LogP contribution in [0.25, 0.3) is 39.4 Å². The molecule has 4 aromatic rings. The normalized spacial score (nSPS) is 11.5. The number of nitrogens with two attached hydrogens (primary N) is 1. The first kappa shape index (κ1) is 14.1. The molecule has 6 heteroatoms. The number of carbonyl (C=O) groups excluding carboxylic acids is 1. The maximum Gasteiger partial charge on any atom is 0.241 e. The van der Waals surface area contributed by atoms with Gasteiger partial charge in [-0.25, -0.2) is 9.97 Å². The van der Waals surface area contributed by atoms with E-state index in [1.54, 1.807) is 24.7 Å². The third kappa shape index (κ3) is 2.50. The molecule has 0 radical (unpaired) electrons. The van der Waals surface area contributed by atoms with Crippen molar-refractivity contribution in [3.8, 4) is 11.3 Å². The lowest BCUT2D eigenvalue weighted by Crippen LogP contribution is -2.05. The van der Waals surface area contributed by atoms with Gasteiger partial charge >= 0.3 is 0 Å². The summed E-state index contributed by atoms with van der Waals surface area (Å²) in [7, 11) is 0. The smallest absolute Gasteiger partial charge is 0.241 e. The summed E-state index contributed by atoms with van der Waals surface area (Å²) in [5.41, 5.74) is 9.76. The number of fused-ring (bicyclic) bond motifs is 2. The summed E-state index contributed by atoms with van der Waals surface area (Å²) < 4.78 is 0. The molecule has 4 rings (SSSR count). The number of hydrogen-bond donors (Lipinski definition) is 2. The Morgan fingerprint density at radius 3 is 2.92 bits per heavy atom. The molecule has 0 fully saturated rings. The van der Waals surface area contributed by atoms with Gasteiger partial charge in [-0.05, 0) is 18.2 Å². The fraction of sp³-hybridized carbons (Fsp3) is 0. The van der Waals surface area contributed by atoms with Gasteiger partial charge in [0.25, 0.3) is 0 Å². The second-order valence-corrected chi connectivity index (χ2v) is 5.35. The molecular formula is C18H13N5O. The van der Waals surface area contributed by atoms with Crippen LogP contribution in [0, 0.1) is 0 Å². The molecule has 0 atom stereocenters. The molecular weight excluding hydrogens is 302 g/mol. The number of H-pyrrole nitrogens is 1. The molecule has 1 aromatic carbocycles. The average molecular weight is 315 g/mol. The zero-order valence-electron chi connectivity index (χ0n) is 12.6. The fourth-order valence-electron chi connectivity index (χ4n) is 2.56. The first-order valence-corrected chi connectivity index (χ1v) is 7.37. The van der Waals surface area contributed by atoms with E-state index in [9.17, 15) is 4.79 Å². The maximum atomic E-state index is 10.9. The number of aromatic nitrogens is 4. The maximum absolute atomic E-state index is 10.9. The predicted molar refractivity (Wildman–Crippen MR) is 92.9 cm³/mol. The van der Waals surface area contributed by atoms with Crippen molar-refractivity contribution in [2.24, 2.45) is 5.73 Å². The Labute approximate surface area is 137 Å². The highest BCUT2D eigenvalue weighted by Gasteiger charge is 2.08. The van der Waals surface area contributed by atoms with Crippen LogP contribution in [0.5, 0.6) is 0 Å². The number of nitrogens with one attached hydrogen (secondary N) is 1. The number of aromatic amines is 1. The molecule has 0 aliphatic rings. The molecule has 0 saturated carbocycles. The summed E-state index contributed by atoms with van der Waals surface area (Å²) in [5, 5.41) is 1.04. The van der Waals surface area contributed by atoms with Gasteiger partial charge in [0.05, 0.1) is 17.4 Å². The number of nitrogens with zero attached hydrogens (tertiary/aromatic N) is 3. The lowest BCUT2D eigenvalue weighted by atomic mass is 10.1. The quantitative estimate of drug-likeness (QED) is 0.568. The van der Waals surface area contributed by atoms with Crippen LogP contribution in [0.15, 0.2) is 55.0 Å². The molecule has 0 aliphatic heterocycles. The van der Waals surface area contributed by atoms with Crippen LogP contribution in [0.3, 0.4) is 0 Å². The largest absolute Gasteiger partial charge is 0.366 e. The molecule has 3 aromatic heterocycles. The van der Waals surface area contributed by atoms with E-state index in [4.69, 9.17) is 5.73 Å². The molecule has 3 N–H and O–H groups in total. The average Bonchev–Trinajstić information content (AvgIpc) is 3.01. The SMILES string of the molecule is NC(=O)C=Cc1c[nH]c2ncc(-c3cnc4ccccc4c3)nc12. The van der Waals surface area contributed by atoms with Crippen LogP contribution in [-0.4, -0.2) is 25.8 Å². The van der Waals surface area contributed by atoms with Gasteiger partial charge in [0, 0.05) is 35.0 Å². The van der Waals surface area contributed by atoms with E-state index in [-0.39, 0.29) is 0 Å². The Morgan fingerprint density at radius 1 is 1.17 bits per heavy atom. The number of para-hydroxylation sites is 1. The van der Waals surface area contributed by atoms with E-state index in [1.165, 1.54) is 6.08 Å². The van der Waals surface area contributed by atoms with Crippen LogP contribution in [0.2, 0.25) is 0 Å². The number of pyridine rings is 1. The van der Waals surface area contributed by atoms with Crippen LogP contribution >= 0.6 is 0 Å². The number of primary amides is 1. The lowest BCUT2D eigenvalue weighted by Gasteiger charge is -2.03. The first-order chi connectivity index (χ1) is 11.7. The van der Waals surface area contributed by atoms with Gasteiger partial charge in [-0.2, -0.15) is 0 Å². The third-order valence-corrected chi connectivity index (χ3v) is 3.72. The van der Waals surface area contributed by atoms with Crippen molar-refractivity contribution in [2.45, 2.75) is 0 Å². The number of rotatable bonds is 3. The van der Waals surface area contributed by atoms with E-state index < -0.39 is 5.91 Å². The van der Waals surface area contributed by atoms with Crippen molar-refractivity contribution in [2.75, 3.05) is 0 Å². The minimum Gasteiger partial charge on any atom is -0.366 e. The van der Waals surface area contributed by atoms with E-state index in [0.717, 1.165) is 22.0 Å². The monoisotopic (exact) mass is 315 g/mol. The molecule has 0 unspecified atom stereocenters. The summed E-state index contributed by atoms with van der Waals surface area (Å²) in [6, 6.07) is 9.94. The molecule has 3 heterocycles. The van der Waals surface area contributed by atoms with E-state index in [2.05, 4.69) is 19.9 Å². The summed E-state index contributed by atoms with van der Waals surface area (Å²) in [4.78, 5) is 27.5. The minimum atomic E-state index is -0.507. The van der Waals surface area contributed by atoms with E-state index in [1.807, 2.05) is 30.3 Å². The Kier molecular flexibility index (Phi) is 3.28. The van der Waals surface area contributed by atoms with Crippen molar-refractivity contribution in [3.63, 3.8) is 0 Å². The standard InChI is InChI=1S/C18H13N5O/c19-16(24)6-5-12-8-21-18-17(12)23-15(10-22-18)13-7-11-3-1-2-4-14(11)20-9-13/h1-10H,(H2,19,24)(H,21,22). The molecule has 0 spiro atoms. The van der Waals surface area contributed by atoms with Gasteiger partial charge in [-0.3, -0.25) is 9.78 Å². The molecule has 116 valence electrons. The molecule has 6 nitrogen and oxygen atoms in total. The Bertz CT molecular complexity index is 1100. The molecule has 1 amide bonds. The van der Waals surface area contributed by atoms with Gasteiger partial charge in [0.2, 0.25) is 5.91 Å². The van der Waals surface area contributed by atoms with Gasteiger partial charge < -0.3 is 10.7 Å². The third-order valence-electron chi connectivity index (χ3n) is 3.72. The zero-order chi connectivity index (χ0) is 16.5. The van der Waals surface area contributed by atoms with Crippen molar-refractivity contribution < 1.29 is 4.79 Å². The van der Waals surface area contributed by atoms with Crippen LogP contribution in [-0.2, 0) is 4.79 Å². The summed E-state index contributed by atoms with van der Waals surface area (Å²) in [5.74, 6) is -0.507. The van der Waals surface area contributed by atoms with Crippen LogP contribution < -0.4 is 5.73 Å². The second-order valence-electron chi connectivity index (χ2n) is 5.35. The Morgan fingerprint density at radius 2 is 2.04 bits per heavy atom. The van der Waals surface area contributed by atoms with Gasteiger partial charge in [0.1, 0.15) is 5.52 Å². The highest BCUT2D eigenvalue weighted by Crippen LogP contribution is 2.23. The predicted octanol–water partition coefficient (Wildman–Crippen LogP) is 2.67. The fourth-order valence-corrected chi connectivity index (χ4v) is 2.56. The van der Waals surface area contributed by atoms with Crippen LogP contribution in [0.1, 0.15) is 5.56 Å². The molecule has 0 saturated heterocycles. The minimum absolute atomic E-state index is 0.507. The van der Waals surface area contributed by atoms with Crippen molar-refractivity contribution in [1.29, 1.82) is 0 Å². The molecule has 24 heavy (non-hydrogen) atoms. The Hall–Kier alpha value is -3.54.